The molecule has 0 bridgehead atoms. The van der Waals surface area contributed by atoms with Crippen LogP contribution in [-0.4, -0.2) is 30.2 Å². The standard InChI is InChI=1S/C11H14ClNO2S/c1-13(14)8-5-6-16-11-9(15-2)4-3-7(12)10(8)11/h3-4,8,14H,5-6H2,1-2H3. The smallest absolute Gasteiger partial charge is 0.132 e. The van der Waals surface area contributed by atoms with E-state index in [-0.39, 0.29) is 6.04 Å². The molecule has 88 valence electrons. The van der Waals surface area contributed by atoms with Crippen LogP contribution >= 0.6 is 23.4 Å². The van der Waals surface area contributed by atoms with Crippen molar-refractivity contribution in [3.63, 3.8) is 0 Å². The third-order valence-electron chi connectivity index (χ3n) is 2.75. The lowest BCUT2D eigenvalue weighted by Gasteiger charge is -2.30. The number of fused-ring (bicyclic) bond motifs is 1. The van der Waals surface area contributed by atoms with Crippen molar-refractivity contribution in [2.24, 2.45) is 0 Å². The number of ether oxygens (including phenoxy) is 1. The molecule has 0 saturated carbocycles. The van der Waals surface area contributed by atoms with Gasteiger partial charge < -0.3 is 9.94 Å². The van der Waals surface area contributed by atoms with Crippen molar-refractivity contribution < 1.29 is 9.94 Å². The van der Waals surface area contributed by atoms with Gasteiger partial charge in [-0.1, -0.05) is 11.6 Å². The molecule has 0 aliphatic carbocycles. The van der Waals surface area contributed by atoms with Gasteiger partial charge in [0, 0.05) is 23.4 Å². The first-order valence-electron chi connectivity index (χ1n) is 5.06. The van der Waals surface area contributed by atoms with Gasteiger partial charge in [-0.15, -0.1) is 11.8 Å². The molecular formula is C11H14ClNO2S. The fraction of sp³-hybridized carbons (Fsp3) is 0.455. The van der Waals surface area contributed by atoms with Crippen LogP contribution in [0.15, 0.2) is 17.0 Å². The Morgan fingerprint density at radius 1 is 1.56 bits per heavy atom. The summed E-state index contributed by atoms with van der Waals surface area (Å²) in [5.41, 5.74) is 0.974. The third-order valence-corrected chi connectivity index (χ3v) is 4.23. The highest BCUT2D eigenvalue weighted by atomic mass is 35.5. The average molecular weight is 260 g/mol. The van der Waals surface area contributed by atoms with Gasteiger partial charge in [0.2, 0.25) is 0 Å². The number of benzene rings is 1. The highest BCUT2D eigenvalue weighted by molar-refractivity contribution is 7.99. The van der Waals surface area contributed by atoms with Crippen LogP contribution in [0, 0.1) is 0 Å². The normalized spacial score (nSPS) is 19.7. The summed E-state index contributed by atoms with van der Waals surface area (Å²) in [5.74, 6) is 1.79. The zero-order valence-corrected chi connectivity index (χ0v) is 10.8. The molecule has 1 N–H and O–H groups in total. The lowest BCUT2D eigenvalue weighted by molar-refractivity contribution is -0.106. The van der Waals surface area contributed by atoms with Crippen LogP contribution in [0.25, 0.3) is 0 Å². The monoisotopic (exact) mass is 259 g/mol. The SMILES string of the molecule is COc1ccc(Cl)c2c1SCCC2N(C)O. The van der Waals surface area contributed by atoms with Gasteiger partial charge in [-0.25, -0.2) is 0 Å². The zero-order chi connectivity index (χ0) is 11.7. The number of hydrogen-bond donors (Lipinski definition) is 1. The fourth-order valence-electron chi connectivity index (χ4n) is 1.97. The number of hydrogen-bond acceptors (Lipinski definition) is 4. The molecule has 2 rings (SSSR count). The Bertz CT molecular complexity index is 398. The Kier molecular flexibility index (Phi) is 3.64. The van der Waals surface area contributed by atoms with Crippen LogP contribution in [0.4, 0.5) is 0 Å². The van der Waals surface area contributed by atoms with Crippen LogP contribution in [0.1, 0.15) is 18.0 Å². The molecule has 1 aromatic carbocycles. The number of nitrogens with zero attached hydrogens (tertiary/aromatic N) is 1. The molecule has 5 heteroatoms. The third kappa shape index (κ3) is 2.02. The van der Waals surface area contributed by atoms with E-state index >= 15 is 0 Å². The molecule has 1 aliphatic rings. The van der Waals surface area contributed by atoms with Gasteiger partial charge in [0.15, 0.2) is 0 Å². The van der Waals surface area contributed by atoms with Gasteiger partial charge in [0.1, 0.15) is 5.75 Å². The summed E-state index contributed by atoms with van der Waals surface area (Å²) in [4.78, 5) is 1.05. The second kappa shape index (κ2) is 4.84. The van der Waals surface area contributed by atoms with Crippen molar-refractivity contribution in [2.45, 2.75) is 17.4 Å². The first-order chi connectivity index (χ1) is 7.65. The van der Waals surface area contributed by atoms with Crippen molar-refractivity contribution in [2.75, 3.05) is 19.9 Å². The Morgan fingerprint density at radius 3 is 2.94 bits per heavy atom. The molecule has 0 saturated heterocycles. The Morgan fingerprint density at radius 2 is 2.31 bits per heavy atom. The minimum Gasteiger partial charge on any atom is -0.496 e. The van der Waals surface area contributed by atoms with Gasteiger partial charge in [-0.3, -0.25) is 0 Å². The van der Waals surface area contributed by atoms with Crippen molar-refractivity contribution in [1.29, 1.82) is 0 Å². The maximum absolute atomic E-state index is 9.64. The molecule has 1 aromatic rings. The summed E-state index contributed by atoms with van der Waals surface area (Å²) in [6, 6.07) is 3.65. The number of rotatable bonds is 2. The van der Waals surface area contributed by atoms with Crippen LogP contribution in [0.5, 0.6) is 5.75 Å². The van der Waals surface area contributed by atoms with Crippen LogP contribution in [0.2, 0.25) is 5.02 Å². The molecule has 0 aromatic heterocycles. The first-order valence-corrected chi connectivity index (χ1v) is 6.42. The largest absolute Gasteiger partial charge is 0.496 e. The van der Waals surface area contributed by atoms with Crippen LogP contribution < -0.4 is 4.74 Å². The Hall–Kier alpha value is -0.420. The van der Waals surface area contributed by atoms with Gasteiger partial charge in [0.25, 0.3) is 0 Å². The summed E-state index contributed by atoms with van der Waals surface area (Å²) in [6.45, 7) is 0. The maximum atomic E-state index is 9.64. The molecule has 3 nitrogen and oxygen atoms in total. The fourth-order valence-corrected chi connectivity index (χ4v) is 3.55. The van der Waals surface area contributed by atoms with Gasteiger partial charge in [-0.2, -0.15) is 5.06 Å². The number of hydroxylamine groups is 2. The molecule has 0 amide bonds. The Balaban J connectivity index is 2.54. The summed E-state index contributed by atoms with van der Waals surface area (Å²) in [7, 11) is 3.30. The lowest BCUT2D eigenvalue weighted by atomic mass is 10.0. The van der Waals surface area contributed by atoms with Crippen LogP contribution in [0.3, 0.4) is 0 Å². The first kappa shape index (κ1) is 12.0. The van der Waals surface area contributed by atoms with E-state index in [1.165, 1.54) is 5.06 Å². The van der Waals surface area contributed by atoms with E-state index in [1.54, 1.807) is 25.9 Å². The summed E-state index contributed by atoms with van der Waals surface area (Å²) < 4.78 is 5.32. The Labute approximate surface area is 104 Å². The molecule has 0 spiro atoms. The predicted molar refractivity (Wildman–Crippen MR) is 65.6 cm³/mol. The van der Waals surface area contributed by atoms with E-state index in [2.05, 4.69) is 0 Å². The van der Waals surface area contributed by atoms with E-state index in [9.17, 15) is 5.21 Å². The van der Waals surface area contributed by atoms with Gasteiger partial charge >= 0.3 is 0 Å². The highest BCUT2D eigenvalue weighted by Gasteiger charge is 2.28. The average Bonchev–Trinajstić information content (AvgIpc) is 2.29. The minimum atomic E-state index is -0.0427. The predicted octanol–water partition coefficient (Wildman–Crippen LogP) is 3.21. The minimum absolute atomic E-state index is 0.0427. The lowest BCUT2D eigenvalue weighted by Crippen LogP contribution is -2.24. The van der Waals surface area contributed by atoms with Crippen molar-refractivity contribution >= 4 is 23.4 Å². The topological polar surface area (TPSA) is 32.7 Å². The number of halogens is 1. The van der Waals surface area contributed by atoms with E-state index in [4.69, 9.17) is 16.3 Å². The number of methoxy groups -OCH3 is 1. The van der Waals surface area contributed by atoms with Crippen molar-refractivity contribution in [3.8, 4) is 5.75 Å². The molecule has 1 heterocycles. The molecule has 16 heavy (non-hydrogen) atoms. The summed E-state index contributed by atoms with van der Waals surface area (Å²) in [5, 5.41) is 11.6. The molecule has 1 aliphatic heterocycles. The summed E-state index contributed by atoms with van der Waals surface area (Å²) >= 11 is 7.93. The van der Waals surface area contributed by atoms with E-state index in [1.807, 2.05) is 12.1 Å². The molecular weight excluding hydrogens is 246 g/mol. The van der Waals surface area contributed by atoms with Crippen LogP contribution in [-0.2, 0) is 0 Å². The molecule has 1 atom stereocenters. The molecule has 0 radical (unpaired) electrons. The molecule has 1 unspecified atom stereocenters. The van der Waals surface area contributed by atoms with E-state index in [0.717, 1.165) is 28.4 Å². The summed E-state index contributed by atoms with van der Waals surface area (Å²) in [6.07, 6.45) is 0.886. The van der Waals surface area contributed by atoms with Crippen molar-refractivity contribution in [1.82, 2.24) is 5.06 Å². The van der Waals surface area contributed by atoms with Gasteiger partial charge in [0.05, 0.1) is 18.0 Å². The number of thioether (sulfide) groups is 1. The highest BCUT2D eigenvalue weighted by Crippen LogP contribution is 2.46. The van der Waals surface area contributed by atoms with E-state index in [0.29, 0.717) is 5.02 Å². The quantitative estimate of drug-likeness (QED) is 0.827. The maximum Gasteiger partial charge on any atom is 0.132 e. The van der Waals surface area contributed by atoms with Gasteiger partial charge in [-0.05, 0) is 18.6 Å². The molecule has 0 fully saturated rings. The van der Waals surface area contributed by atoms with E-state index < -0.39 is 0 Å². The zero-order valence-electron chi connectivity index (χ0n) is 9.24. The van der Waals surface area contributed by atoms with Crippen molar-refractivity contribution in [3.05, 3.63) is 22.7 Å². The second-order valence-corrected chi connectivity index (χ2v) is 5.23. The second-order valence-electron chi connectivity index (χ2n) is 3.72.